The SMILES string of the molecule is CN1CCN(C(=O)CCCCCN2C(=O)C(=Cc3ccc(Cl)cc3)SC2=S)CC1. The van der Waals surface area contributed by atoms with Crippen molar-refractivity contribution in [3.8, 4) is 0 Å². The highest BCUT2D eigenvalue weighted by Crippen LogP contribution is 2.33. The highest BCUT2D eigenvalue weighted by atomic mass is 35.5. The largest absolute Gasteiger partial charge is 0.340 e. The predicted octanol–water partition coefficient (Wildman–Crippen LogP) is 3.88. The maximum atomic E-state index is 12.7. The third-order valence-corrected chi connectivity index (χ3v) is 6.80. The van der Waals surface area contributed by atoms with E-state index in [2.05, 4.69) is 11.9 Å². The van der Waals surface area contributed by atoms with Crippen molar-refractivity contribution in [1.29, 1.82) is 0 Å². The van der Waals surface area contributed by atoms with E-state index in [-0.39, 0.29) is 11.8 Å². The number of likely N-dealkylation sites (N-methyl/N-ethyl adjacent to an activating group) is 1. The molecule has 2 heterocycles. The number of rotatable bonds is 7. The van der Waals surface area contributed by atoms with Gasteiger partial charge in [-0.2, -0.15) is 0 Å². The molecule has 0 bridgehead atoms. The number of carbonyl (C=O) groups excluding carboxylic acids is 2. The molecule has 2 amide bonds. The molecule has 5 nitrogen and oxygen atoms in total. The molecule has 0 saturated carbocycles. The molecule has 29 heavy (non-hydrogen) atoms. The molecule has 0 radical (unpaired) electrons. The fourth-order valence-corrected chi connectivity index (χ4v) is 4.77. The smallest absolute Gasteiger partial charge is 0.266 e. The molecule has 2 saturated heterocycles. The van der Waals surface area contributed by atoms with Crippen LogP contribution in [0.25, 0.3) is 6.08 Å². The number of thioether (sulfide) groups is 1. The Morgan fingerprint density at radius 3 is 2.52 bits per heavy atom. The van der Waals surface area contributed by atoms with Gasteiger partial charge >= 0.3 is 0 Å². The van der Waals surface area contributed by atoms with Crippen LogP contribution in [0.2, 0.25) is 5.02 Å². The Kier molecular flexibility index (Phi) is 8.12. The number of amides is 2. The summed E-state index contributed by atoms with van der Waals surface area (Å²) >= 11 is 12.6. The lowest BCUT2D eigenvalue weighted by atomic mass is 10.1. The Hall–Kier alpha value is -1.41. The van der Waals surface area contributed by atoms with Gasteiger partial charge in [-0.3, -0.25) is 14.5 Å². The Morgan fingerprint density at radius 1 is 1.14 bits per heavy atom. The number of carbonyl (C=O) groups is 2. The van der Waals surface area contributed by atoms with Crippen LogP contribution in [0.5, 0.6) is 0 Å². The van der Waals surface area contributed by atoms with E-state index in [4.69, 9.17) is 23.8 Å². The fourth-order valence-electron chi connectivity index (χ4n) is 3.34. The molecular formula is C21H26ClN3O2S2. The predicted molar refractivity (Wildman–Crippen MR) is 124 cm³/mol. The van der Waals surface area contributed by atoms with E-state index in [9.17, 15) is 9.59 Å². The number of thiocarbonyl (C=S) groups is 1. The van der Waals surface area contributed by atoms with E-state index in [0.717, 1.165) is 51.0 Å². The summed E-state index contributed by atoms with van der Waals surface area (Å²) < 4.78 is 0.601. The average molecular weight is 452 g/mol. The van der Waals surface area contributed by atoms with Gasteiger partial charge in [0.25, 0.3) is 5.91 Å². The zero-order valence-corrected chi connectivity index (χ0v) is 19.0. The molecule has 1 aromatic rings. The zero-order chi connectivity index (χ0) is 20.8. The maximum absolute atomic E-state index is 12.7. The van der Waals surface area contributed by atoms with E-state index in [0.29, 0.717) is 27.2 Å². The molecule has 1 aromatic carbocycles. The van der Waals surface area contributed by atoms with Crippen LogP contribution in [-0.4, -0.2) is 70.6 Å². The van der Waals surface area contributed by atoms with Gasteiger partial charge in [0, 0.05) is 44.2 Å². The van der Waals surface area contributed by atoms with Crippen molar-refractivity contribution in [3.05, 3.63) is 39.8 Å². The summed E-state index contributed by atoms with van der Waals surface area (Å²) in [7, 11) is 2.08. The molecule has 0 atom stereocenters. The number of piperazine rings is 1. The standard InChI is InChI=1S/C21H26ClN3O2S2/c1-23-11-13-24(14-12-23)19(26)5-3-2-4-10-25-20(27)18(29-21(25)28)15-16-6-8-17(22)9-7-16/h6-9,15H,2-5,10-14H2,1H3. The normalized spacial score (nSPS) is 19.4. The molecule has 156 valence electrons. The minimum Gasteiger partial charge on any atom is -0.340 e. The van der Waals surface area contributed by atoms with Crippen LogP contribution in [0.3, 0.4) is 0 Å². The Bertz CT molecular complexity index is 790. The lowest BCUT2D eigenvalue weighted by Gasteiger charge is -2.32. The van der Waals surface area contributed by atoms with Crippen molar-refractivity contribution >= 4 is 57.8 Å². The number of hydrogen-bond donors (Lipinski definition) is 0. The van der Waals surface area contributed by atoms with Gasteiger partial charge in [0.15, 0.2) is 0 Å². The quantitative estimate of drug-likeness (QED) is 0.357. The maximum Gasteiger partial charge on any atom is 0.266 e. The second-order valence-electron chi connectivity index (χ2n) is 7.38. The first-order chi connectivity index (χ1) is 13.9. The molecule has 3 rings (SSSR count). The minimum atomic E-state index is -0.0385. The van der Waals surface area contributed by atoms with Gasteiger partial charge in [-0.15, -0.1) is 0 Å². The van der Waals surface area contributed by atoms with Gasteiger partial charge in [-0.1, -0.05) is 54.1 Å². The van der Waals surface area contributed by atoms with Crippen LogP contribution < -0.4 is 0 Å². The lowest BCUT2D eigenvalue weighted by Crippen LogP contribution is -2.47. The molecule has 0 N–H and O–H groups in total. The van der Waals surface area contributed by atoms with Crippen LogP contribution >= 0.6 is 35.6 Å². The van der Waals surface area contributed by atoms with E-state index >= 15 is 0 Å². The second kappa shape index (κ2) is 10.6. The molecular weight excluding hydrogens is 426 g/mol. The average Bonchev–Trinajstić information content (AvgIpc) is 2.97. The van der Waals surface area contributed by atoms with E-state index in [1.807, 2.05) is 23.1 Å². The van der Waals surface area contributed by atoms with Gasteiger partial charge < -0.3 is 9.80 Å². The first kappa shape index (κ1) is 22.3. The first-order valence-electron chi connectivity index (χ1n) is 9.91. The molecule has 0 aromatic heterocycles. The molecule has 2 fully saturated rings. The molecule has 0 spiro atoms. The van der Waals surface area contributed by atoms with Gasteiger partial charge in [0.1, 0.15) is 4.32 Å². The van der Waals surface area contributed by atoms with Crippen molar-refractivity contribution in [2.24, 2.45) is 0 Å². The van der Waals surface area contributed by atoms with E-state index in [1.165, 1.54) is 11.8 Å². The monoisotopic (exact) mass is 451 g/mol. The third kappa shape index (κ3) is 6.28. The molecule has 0 aliphatic carbocycles. The number of hydrogen-bond acceptors (Lipinski definition) is 5. The number of unbranched alkanes of at least 4 members (excludes halogenated alkanes) is 2. The Balaban J connectivity index is 1.40. The summed E-state index contributed by atoms with van der Waals surface area (Å²) in [4.78, 5) is 31.4. The zero-order valence-electron chi connectivity index (χ0n) is 16.6. The lowest BCUT2D eigenvalue weighted by molar-refractivity contribution is -0.133. The van der Waals surface area contributed by atoms with Crippen molar-refractivity contribution in [3.63, 3.8) is 0 Å². The Labute approximate surface area is 187 Å². The minimum absolute atomic E-state index is 0.0385. The van der Waals surface area contributed by atoms with Crippen LogP contribution in [0, 0.1) is 0 Å². The number of nitrogens with zero attached hydrogens (tertiary/aromatic N) is 3. The topological polar surface area (TPSA) is 43.9 Å². The van der Waals surface area contributed by atoms with Crippen LogP contribution in [0.15, 0.2) is 29.2 Å². The molecule has 0 unspecified atom stereocenters. The first-order valence-corrected chi connectivity index (χ1v) is 11.5. The van der Waals surface area contributed by atoms with E-state index < -0.39 is 0 Å². The van der Waals surface area contributed by atoms with Crippen molar-refractivity contribution in [2.75, 3.05) is 39.8 Å². The van der Waals surface area contributed by atoms with Crippen LogP contribution in [-0.2, 0) is 9.59 Å². The van der Waals surface area contributed by atoms with Crippen molar-refractivity contribution in [2.45, 2.75) is 25.7 Å². The highest BCUT2D eigenvalue weighted by Gasteiger charge is 2.31. The summed E-state index contributed by atoms with van der Waals surface area (Å²) in [5.74, 6) is 0.207. The van der Waals surface area contributed by atoms with Crippen molar-refractivity contribution < 1.29 is 9.59 Å². The van der Waals surface area contributed by atoms with Crippen LogP contribution in [0.1, 0.15) is 31.2 Å². The summed E-state index contributed by atoms with van der Waals surface area (Å²) in [6.07, 6.45) is 5.03. The molecule has 2 aliphatic rings. The van der Waals surface area contributed by atoms with Crippen molar-refractivity contribution in [1.82, 2.24) is 14.7 Å². The highest BCUT2D eigenvalue weighted by molar-refractivity contribution is 8.26. The van der Waals surface area contributed by atoms with Gasteiger partial charge in [-0.05, 0) is 43.7 Å². The van der Waals surface area contributed by atoms with Crippen LogP contribution in [0.4, 0.5) is 0 Å². The second-order valence-corrected chi connectivity index (χ2v) is 9.49. The van der Waals surface area contributed by atoms with Gasteiger partial charge in [0.05, 0.1) is 4.91 Å². The summed E-state index contributed by atoms with van der Waals surface area (Å²) in [5.41, 5.74) is 0.928. The van der Waals surface area contributed by atoms with E-state index in [1.54, 1.807) is 17.0 Å². The fraction of sp³-hybridized carbons (Fsp3) is 0.476. The summed E-state index contributed by atoms with van der Waals surface area (Å²) in [6.45, 7) is 4.15. The molecule has 8 heteroatoms. The Morgan fingerprint density at radius 2 is 1.83 bits per heavy atom. The van der Waals surface area contributed by atoms with Gasteiger partial charge in [0.2, 0.25) is 5.91 Å². The molecule has 2 aliphatic heterocycles. The number of benzene rings is 1. The number of halogens is 1. The third-order valence-electron chi connectivity index (χ3n) is 5.17. The van der Waals surface area contributed by atoms with Gasteiger partial charge in [-0.25, -0.2) is 0 Å². The summed E-state index contributed by atoms with van der Waals surface area (Å²) in [6, 6.07) is 7.37. The summed E-state index contributed by atoms with van der Waals surface area (Å²) in [5, 5.41) is 0.667.